The molecular formula is C15H24N2O3. The van der Waals surface area contributed by atoms with Crippen molar-refractivity contribution >= 4 is 11.6 Å². The third-order valence-electron chi connectivity index (χ3n) is 3.40. The fourth-order valence-electron chi connectivity index (χ4n) is 2.04. The lowest BCUT2D eigenvalue weighted by Gasteiger charge is -2.29. The van der Waals surface area contributed by atoms with Gasteiger partial charge in [0.25, 0.3) is 5.91 Å². The largest absolute Gasteiger partial charge is 0.494 e. The molecule has 1 rings (SSSR count). The monoisotopic (exact) mass is 280 g/mol. The summed E-state index contributed by atoms with van der Waals surface area (Å²) in [6, 6.07) is 5.35. The van der Waals surface area contributed by atoms with Crippen LogP contribution in [0.25, 0.3) is 0 Å². The Hall–Kier alpha value is -1.75. The topological polar surface area (TPSA) is 64.8 Å². The molecule has 1 atom stereocenters. The number of benzene rings is 1. The number of nitrogen functional groups attached to an aromatic ring is 1. The van der Waals surface area contributed by atoms with Crippen molar-refractivity contribution in [3.05, 3.63) is 23.8 Å². The minimum absolute atomic E-state index is 0.0828. The summed E-state index contributed by atoms with van der Waals surface area (Å²) in [6.45, 7) is 5.11. The standard InChI is InChI=1S/C15H24N2O3/c1-5-11(2)17(9-10-19-3)15(18)12-7-6-8-13(16)14(12)20-4/h6-8,11H,5,9-10,16H2,1-4H3. The second kappa shape index (κ2) is 7.75. The van der Waals surface area contributed by atoms with E-state index in [2.05, 4.69) is 0 Å². The van der Waals surface area contributed by atoms with Gasteiger partial charge in [0.15, 0.2) is 5.75 Å². The maximum Gasteiger partial charge on any atom is 0.258 e. The maximum atomic E-state index is 12.7. The van der Waals surface area contributed by atoms with Crippen molar-refractivity contribution < 1.29 is 14.3 Å². The zero-order chi connectivity index (χ0) is 15.1. The van der Waals surface area contributed by atoms with E-state index >= 15 is 0 Å². The zero-order valence-corrected chi connectivity index (χ0v) is 12.7. The van der Waals surface area contributed by atoms with Crippen LogP contribution in [0.1, 0.15) is 30.6 Å². The van der Waals surface area contributed by atoms with E-state index < -0.39 is 0 Å². The molecule has 0 saturated heterocycles. The third kappa shape index (κ3) is 3.63. The fraction of sp³-hybridized carbons (Fsp3) is 0.533. The Labute approximate surface area is 120 Å². The molecule has 0 aliphatic carbocycles. The first-order chi connectivity index (χ1) is 9.56. The minimum atomic E-state index is -0.0828. The molecule has 1 aromatic carbocycles. The number of hydrogen-bond acceptors (Lipinski definition) is 4. The Kier molecular flexibility index (Phi) is 6.31. The first-order valence-electron chi connectivity index (χ1n) is 6.79. The minimum Gasteiger partial charge on any atom is -0.494 e. The lowest BCUT2D eigenvalue weighted by Crippen LogP contribution is -2.40. The summed E-state index contributed by atoms with van der Waals surface area (Å²) in [4.78, 5) is 14.5. The molecule has 5 heteroatoms. The summed E-state index contributed by atoms with van der Waals surface area (Å²) in [5.74, 6) is 0.351. The summed E-state index contributed by atoms with van der Waals surface area (Å²) < 4.78 is 10.3. The van der Waals surface area contributed by atoms with E-state index in [9.17, 15) is 4.79 Å². The molecule has 0 fully saturated rings. The number of nitrogens with zero attached hydrogens (tertiary/aromatic N) is 1. The second-order valence-corrected chi connectivity index (χ2v) is 4.68. The molecule has 0 saturated carbocycles. The SMILES string of the molecule is CCC(C)N(CCOC)C(=O)c1cccc(N)c1OC. The van der Waals surface area contributed by atoms with Crippen molar-refractivity contribution in [1.29, 1.82) is 0 Å². The Morgan fingerprint density at radius 2 is 2.10 bits per heavy atom. The van der Waals surface area contributed by atoms with Gasteiger partial charge in [-0.05, 0) is 25.5 Å². The van der Waals surface area contributed by atoms with Crippen LogP contribution in [0, 0.1) is 0 Å². The molecule has 112 valence electrons. The third-order valence-corrected chi connectivity index (χ3v) is 3.40. The van der Waals surface area contributed by atoms with Crippen LogP contribution in [0.5, 0.6) is 5.75 Å². The van der Waals surface area contributed by atoms with E-state index in [0.29, 0.717) is 30.2 Å². The quantitative estimate of drug-likeness (QED) is 0.777. The Morgan fingerprint density at radius 3 is 2.65 bits per heavy atom. The highest BCUT2D eigenvalue weighted by Gasteiger charge is 2.23. The predicted octanol–water partition coefficient (Wildman–Crippen LogP) is 2.16. The fourth-order valence-corrected chi connectivity index (χ4v) is 2.04. The van der Waals surface area contributed by atoms with Crippen molar-refractivity contribution in [2.24, 2.45) is 0 Å². The smallest absolute Gasteiger partial charge is 0.258 e. The number of amides is 1. The normalized spacial score (nSPS) is 12.0. The highest BCUT2D eigenvalue weighted by Crippen LogP contribution is 2.27. The van der Waals surface area contributed by atoms with Gasteiger partial charge in [-0.1, -0.05) is 13.0 Å². The molecule has 0 spiro atoms. The van der Waals surface area contributed by atoms with Gasteiger partial charge in [-0.15, -0.1) is 0 Å². The lowest BCUT2D eigenvalue weighted by atomic mass is 10.1. The van der Waals surface area contributed by atoms with Crippen LogP contribution in [0.2, 0.25) is 0 Å². The van der Waals surface area contributed by atoms with E-state index in [1.54, 1.807) is 30.2 Å². The van der Waals surface area contributed by atoms with Crippen molar-refractivity contribution in [2.45, 2.75) is 26.3 Å². The first-order valence-corrected chi connectivity index (χ1v) is 6.79. The number of nitrogens with two attached hydrogens (primary N) is 1. The van der Waals surface area contributed by atoms with Crippen LogP contribution >= 0.6 is 0 Å². The van der Waals surface area contributed by atoms with Gasteiger partial charge in [0, 0.05) is 19.7 Å². The molecule has 1 aromatic rings. The van der Waals surface area contributed by atoms with E-state index in [1.807, 2.05) is 13.8 Å². The Balaban J connectivity index is 3.08. The number of rotatable bonds is 7. The van der Waals surface area contributed by atoms with Gasteiger partial charge < -0.3 is 20.1 Å². The lowest BCUT2D eigenvalue weighted by molar-refractivity contribution is 0.0611. The summed E-state index contributed by atoms with van der Waals surface area (Å²) in [7, 11) is 3.14. The van der Waals surface area contributed by atoms with E-state index in [0.717, 1.165) is 6.42 Å². The zero-order valence-electron chi connectivity index (χ0n) is 12.7. The summed E-state index contributed by atoms with van der Waals surface area (Å²) in [5.41, 5.74) is 6.81. The van der Waals surface area contributed by atoms with Gasteiger partial charge in [-0.25, -0.2) is 0 Å². The highest BCUT2D eigenvalue weighted by molar-refractivity contribution is 5.98. The Bertz CT molecular complexity index is 449. The predicted molar refractivity (Wildman–Crippen MR) is 80.1 cm³/mol. The van der Waals surface area contributed by atoms with E-state index in [1.165, 1.54) is 7.11 Å². The first kappa shape index (κ1) is 16.3. The molecule has 0 aliphatic rings. The molecule has 1 unspecified atom stereocenters. The molecule has 0 bridgehead atoms. The van der Waals surface area contributed by atoms with Gasteiger partial charge >= 0.3 is 0 Å². The van der Waals surface area contributed by atoms with Crippen LogP contribution in [-0.2, 0) is 4.74 Å². The van der Waals surface area contributed by atoms with Gasteiger partial charge in [0.2, 0.25) is 0 Å². The van der Waals surface area contributed by atoms with Gasteiger partial charge in [-0.2, -0.15) is 0 Å². The molecule has 20 heavy (non-hydrogen) atoms. The van der Waals surface area contributed by atoms with Crippen LogP contribution < -0.4 is 10.5 Å². The van der Waals surface area contributed by atoms with Crippen LogP contribution in [0.15, 0.2) is 18.2 Å². The molecule has 0 aromatic heterocycles. The van der Waals surface area contributed by atoms with Crippen molar-refractivity contribution in [1.82, 2.24) is 4.90 Å². The van der Waals surface area contributed by atoms with E-state index in [-0.39, 0.29) is 11.9 Å². The van der Waals surface area contributed by atoms with Crippen LogP contribution in [0.4, 0.5) is 5.69 Å². The van der Waals surface area contributed by atoms with Crippen molar-refractivity contribution in [3.8, 4) is 5.75 Å². The molecule has 2 N–H and O–H groups in total. The molecule has 0 aliphatic heterocycles. The average molecular weight is 280 g/mol. The number of methoxy groups -OCH3 is 2. The number of para-hydroxylation sites is 1. The molecule has 0 heterocycles. The van der Waals surface area contributed by atoms with Gasteiger partial charge in [0.1, 0.15) is 0 Å². The Morgan fingerprint density at radius 1 is 1.40 bits per heavy atom. The van der Waals surface area contributed by atoms with Gasteiger partial charge in [-0.3, -0.25) is 4.79 Å². The molecule has 0 radical (unpaired) electrons. The number of ether oxygens (including phenoxy) is 2. The number of carbonyl (C=O) groups excluding carboxylic acids is 1. The van der Waals surface area contributed by atoms with Crippen LogP contribution in [0.3, 0.4) is 0 Å². The summed E-state index contributed by atoms with van der Waals surface area (Å²) in [6.07, 6.45) is 0.875. The molecular weight excluding hydrogens is 256 g/mol. The number of hydrogen-bond donors (Lipinski definition) is 1. The second-order valence-electron chi connectivity index (χ2n) is 4.68. The van der Waals surface area contributed by atoms with Crippen molar-refractivity contribution in [3.63, 3.8) is 0 Å². The number of carbonyl (C=O) groups is 1. The van der Waals surface area contributed by atoms with E-state index in [4.69, 9.17) is 15.2 Å². The van der Waals surface area contributed by atoms with Crippen LogP contribution in [-0.4, -0.2) is 44.2 Å². The molecule has 5 nitrogen and oxygen atoms in total. The highest BCUT2D eigenvalue weighted by atomic mass is 16.5. The van der Waals surface area contributed by atoms with Crippen molar-refractivity contribution in [2.75, 3.05) is 33.1 Å². The average Bonchev–Trinajstić information content (AvgIpc) is 2.46. The summed E-state index contributed by atoms with van der Waals surface area (Å²) in [5, 5.41) is 0. The summed E-state index contributed by atoms with van der Waals surface area (Å²) >= 11 is 0. The number of anilines is 1. The van der Waals surface area contributed by atoms with Gasteiger partial charge in [0.05, 0.1) is 25.0 Å². The maximum absolute atomic E-state index is 12.7. The molecule has 1 amide bonds.